The number of nitrogens with one attached hydrogen (secondary N) is 2. The summed E-state index contributed by atoms with van der Waals surface area (Å²) in [6, 6.07) is 16.5. The molecule has 2 N–H and O–H groups in total. The molecule has 0 aliphatic heterocycles. The summed E-state index contributed by atoms with van der Waals surface area (Å²) in [4.78, 5) is 29.4. The summed E-state index contributed by atoms with van der Waals surface area (Å²) in [5.41, 5.74) is 3.03. The Hall–Kier alpha value is -2.95. The number of fused-ring (bicyclic) bond motifs is 2. The monoisotopic (exact) mass is 517 g/mol. The third-order valence-electron chi connectivity index (χ3n) is 8.11. The van der Waals surface area contributed by atoms with Crippen LogP contribution in [0.1, 0.15) is 97.8 Å². The number of hydrogen-bond donors (Lipinski definition) is 2. The van der Waals surface area contributed by atoms with Crippen molar-refractivity contribution < 1.29 is 9.59 Å². The molecule has 0 saturated carbocycles. The second-order valence-corrected chi connectivity index (χ2v) is 10.8. The SMILES string of the molecule is CCC(C)(CC)C(=O)CCCCCCCNC(=O)CCCCCNc1c2ccccc2nc2ccccc12. The fourth-order valence-electron chi connectivity index (χ4n) is 5.03. The van der Waals surface area contributed by atoms with E-state index in [9.17, 15) is 9.59 Å². The maximum Gasteiger partial charge on any atom is 0.219 e. The van der Waals surface area contributed by atoms with Crippen LogP contribution in [0.15, 0.2) is 48.5 Å². The summed E-state index contributed by atoms with van der Waals surface area (Å²) in [7, 11) is 0. The van der Waals surface area contributed by atoms with Crippen LogP contribution in [0.25, 0.3) is 21.8 Å². The highest BCUT2D eigenvalue weighted by atomic mass is 16.1. The Kier molecular flexibility index (Phi) is 12.0. The summed E-state index contributed by atoms with van der Waals surface area (Å²) in [6.07, 6.45) is 11.5. The van der Waals surface area contributed by atoms with Crippen molar-refractivity contribution in [2.75, 3.05) is 18.4 Å². The summed E-state index contributed by atoms with van der Waals surface area (Å²) in [6.45, 7) is 7.95. The van der Waals surface area contributed by atoms with E-state index in [0.29, 0.717) is 18.6 Å². The number of rotatable bonds is 18. The Morgan fingerprint density at radius 2 is 1.24 bits per heavy atom. The Balaban J connectivity index is 1.24. The zero-order valence-corrected chi connectivity index (χ0v) is 23.8. The van der Waals surface area contributed by atoms with E-state index in [-0.39, 0.29) is 11.3 Å². The molecule has 0 aliphatic carbocycles. The minimum absolute atomic E-state index is 0.135. The van der Waals surface area contributed by atoms with Gasteiger partial charge in [-0.3, -0.25) is 9.59 Å². The molecule has 0 saturated heterocycles. The van der Waals surface area contributed by atoms with E-state index < -0.39 is 0 Å². The number of unbranched alkanes of at least 4 members (excludes halogenated alkanes) is 6. The Labute approximate surface area is 229 Å². The highest BCUT2D eigenvalue weighted by molar-refractivity contribution is 6.07. The number of amides is 1. The van der Waals surface area contributed by atoms with Crippen molar-refractivity contribution in [1.82, 2.24) is 10.3 Å². The fourth-order valence-corrected chi connectivity index (χ4v) is 5.03. The molecule has 0 aliphatic rings. The Morgan fingerprint density at radius 3 is 1.89 bits per heavy atom. The van der Waals surface area contributed by atoms with Crippen molar-refractivity contribution in [2.45, 2.75) is 97.8 Å². The van der Waals surface area contributed by atoms with Crippen LogP contribution < -0.4 is 10.6 Å². The Morgan fingerprint density at radius 1 is 0.711 bits per heavy atom. The standard InChI is InChI=1S/C33H47N3O2/c1-4-33(3,5-2)30(37)22-10-7-6-8-16-24-34-31(38)23-11-9-17-25-35-32-26-18-12-14-20-28(26)36-29-21-15-13-19-27(29)32/h12-15,18-21H,4-11,16-17,22-25H2,1-3H3,(H,34,38)(H,35,36). The van der Waals surface area contributed by atoms with E-state index in [1.807, 2.05) is 12.1 Å². The third-order valence-corrected chi connectivity index (χ3v) is 8.11. The molecule has 0 radical (unpaired) electrons. The number of Topliss-reactive ketones (excluding diaryl/α,β-unsaturated/α-hetero) is 1. The fraction of sp³-hybridized carbons (Fsp3) is 0.545. The first kappa shape index (κ1) is 29.6. The number of benzene rings is 2. The van der Waals surface area contributed by atoms with Crippen LogP contribution >= 0.6 is 0 Å². The molecule has 0 bridgehead atoms. The van der Waals surface area contributed by atoms with E-state index in [2.05, 4.69) is 67.8 Å². The predicted octanol–water partition coefficient (Wildman–Crippen LogP) is 8.21. The third kappa shape index (κ3) is 8.54. The number of carbonyl (C=O) groups is 2. The highest BCUT2D eigenvalue weighted by Crippen LogP contribution is 2.31. The molecule has 1 heterocycles. The minimum Gasteiger partial charge on any atom is -0.384 e. The molecule has 206 valence electrons. The van der Waals surface area contributed by atoms with Crippen molar-refractivity contribution in [1.29, 1.82) is 0 Å². The van der Waals surface area contributed by atoms with Gasteiger partial charge in [0.05, 0.1) is 16.7 Å². The first-order chi connectivity index (χ1) is 18.5. The lowest BCUT2D eigenvalue weighted by Crippen LogP contribution is -2.26. The van der Waals surface area contributed by atoms with Crippen molar-refractivity contribution in [3.05, 3.63) is 48.5 Å². The molecule has 38 heavy (non-hydrogen) atoms. The smallest absolute Gasteiger partial charge is 0.219 e. The lowest BCUT2D eigenvalue weighted by Gasteiger charge is -2.24. The van der Waals surface area contributed by atoms with Crippen molar-refractivity contribution in [2.24, 2.45) is 5.41 Å². The predicted molar refractivity (Wildman–Crippen MR) is 161 cm³/mol. The average Bonchev–Trinajstić information content (AvgIpc) is 2.95. The van der Waals surface area contributed by atoms with Crippen molar-refractivity contribution in [3.63, 3.8) is 0 Å². The van der Waals surface area contributed by atoms with Crippen LogP contribution in [0.4, 0.5) is 5.69 Å². The molecule has 0 fully saturated rings. The number of carbonyl (C=O) groups excluding carboxylic acids is 2. The van der Waals surface area contributed by atoms with Gasteiger partial charge < -0.3 is 10.6 Å². The average molecular weight is 518 g/mol. The zero-order chi connectivity index (χ0) is 27.2. The van der Waals surface area contributed by atoms with Crippen molar-refractivity contribution in [3.8, 4) is 0 Å². The number of ketones is 1. The summed E-state index contributed by atoms with van der Waals surface area (Å²) >= 11 is 0. The number of nitrogens with zero attached hydrogens (tertiary/aromatic N) is 1. The lowest BCUT2D eigenvalue weighted by atomic mass is 9.78. The molecule has 1 amide bonds. The van der Waals surface area contributed by atoms with E-state index in [1.165, 1.54) is 0 Å². The van der Waals surface area contributed by atoms with Gasteiger partial charge >= 0.3 is 0 Å². The second-order valence-electron chi connectivity index (χ2n) is 10.8. The number of hydrogen-bond acceptors (Lipinski definition) is 4. The summed E-state index contributed by atoms with van der Waals surface area (Å²) in [5.74, 6) is 0.581. The quantitative estimate of drug-likeness (QED) is 0.132. The molecular formula is C33H47N3O2. The summed E-state index contributed by atoms with van der Waals surface area (Å²) < 4.78 is 0. The maximum absolute atomic E-state index is 12.4. The number of aromatic nitrogens is 1. The van der Waals surface area contributed by atoms with Gasteiger partial charge in [-0.15, -0.1) is 0 Å². The van der Waals surface area contributed by atoms with Crippen LogP contribution in [0.3, 0.4) is 0 Å². The van der Waals surface area contributed by atoms with Gasteiger partial charge in [-0.25, -0.2) is 4.98 Å². The molecule has 2 aromatic carbocycles. The lowest BCUT2D eigenvalue weighted by molar-refractivity contribution is -0.128. The van der Waals surface area contributed by atoms with Gasteiger partial charge in [-0.1, -0.05) is 82.9 Å². The van der Waals surface area contributed by atoms with E-state index in [0.717, 1.165) is 105 Å². The highest BCUT2D eigenvalue weighted by Gasteiger charge is 2.27. The van der Waals surface area contributed by atoms with Crippen LogP contribution in [0, 0.1) is 5.41 Å². The summed E-state index contributed by atoms with van der Waals surface area (Å²) in [5, 5.41) is 9.01. The molecule has 0 spiro atoms. The van der Waals surface area contributed by atoms with Gasteiger partial charge in [-0.05, 0) is 50.7 Å². The van der Waals surface area contributed by atoms with Crippen LogP contribution in [-0.4, -0.2) is 29.8 Å². The van der Waals surface area contributed by atoms with Gasteiger partial charge in [0.2, 0.25) is 5.91 Å². The van der Waals surface area contributed by atoms with E-state index in [1.54, 1.807) is 0 Å². The molecule has 0 atom stereocenters. The zero-order valence-electron chi connectivity index (χ0n) is 23.8. The molecular weight excluding hydrogens is 470 g/mol. The van der Waals surface area contributed by atoms with Crippen LogP contribution in [0.5, 0.6) is 0 Å². The molecule has 5 heteroatoms. The minimum atomic E-state index is -0.135. The van der Waals surface area contributed by atoms with E-state index in [4.69, 9.17) is 4.98 Å². The van der Waals surface area contributed by atoms with Gasteiger partial charge in [0.25, 0.3) is 0 Å². The van der Waals surface area contributed by atoms with Gasteiger partial charge in [-0.2, -0.15) is 0 Å². The first-order valence-electron chi connectivity index (χ1n) is 14.8. The number of pyridine rings is 1. The number of anilines is 1. The normalized spacial score (nSPS) is 11.7. The van der Waals surface area contributed by atoms with Gasteiger partial charge in [0.1, 0.15) is 5.78 Å². The largest absolute Gasteiger partial charge is 0.384 e. The maximum atomic E-state index is 12.4. The molecule has 5 nitrogen and oxygen atoms in total. The second kappa shape index (κ2) is 15.5. The Bertz CT molecular complexity index is 1120. The molecule has 3 rings (SSSR count). The van der Waals surface area contributed by atoms with Gasteiger partial charge in [0.15, 0.2) is 0 Å². The van der Waals surface area contributed by atoms with E-state index >= 15 is 0 Å². The first-order valence-corrected chi connectivity index (χ1v) is 14.8. The molecule has 0 unspecified atom stereocenters. The molecule has 3 aromatic rings. The van der Waals surface area contributed by atoms with Crippen LogP contribution in [0.2, 0.25) is 0 Å². The molecule has 1 aromatic heterocycles. The van der Waals surface area contributed by atoms with Crippen LogP contribution in [-0.2, 0) is 9.59 Å². The van der Waals surface area contributed by atoms with Crippen molar-refractivity contribution >= 4 is 39.2 Å². The number of para-hydroxylation sites is 2. The van der Waals surface area contributed by atoms with Gasteiger partial charge in [0, 0.05) is 42.1 Å². The topological polar surface area (TPSA) is 71.1 Å².